The molecule has 166 valence electrons. The van der Waals surface area contributed by atoms with E-state index < -0.39 is 0 Å². The van der Waals surface area contributed by atoms with Crippen molar-refractivity contribution in [2.45, 2.75) is 32.4 Å². The van der Waals surface area contributed by atoms with E-state index in [0.717, 1.165) is 45.5 Å². The van der Waals surface area contributed by atoms with E-state index in [1.54, 1.807) is 6.20 Å². The molecule has 1 saturated heterocycles. The summed E-state index contributed by atoms with van der Waals surface area (Å²) in [5.41, 5.74) is 5.19. The lowest BCUT2D eigenvalue weighted by Gasteiger charge is -2.26. The van der Waals surface area contributed by atoms with E-state index in [1.807, 2.05) is 55.5 Å². The standard InChI is InChI=1S/C27H24ClN3OS/c1-3-18-10-12-19(13-11-18)31-26(25(30-27(31)33)22-9-4-5-16-29-22)24-15-14-23(32-24)20-7-6-8-21(28)17(20)2/h4-16,25-26H,3H2,1-2H3,(H,30,33)/t25-,26-/m1/s1. The van der Waals surface area contributed by atoms with Gasteiger partial charge >= 0.3 is 0 Å². The molecule has 1 N–H and O–H groups in total. The molecular weight excluding hydrogens is 450 g/mol. The van der Waals surface area contributed by atoms with E-state index in [-0.39, 0.29) is 12.1 Å². The van der Waals surface area contributed by atoms with Gasteiger partial charge in [-0.1, -0.05) is 48.9 Å². The van der Waals surface area contributed by atoms with Gasteiger partial charge in [0.1, 0.15) is 17.6 Å². The molecule has 2 atom stereocenters. The number of furan rings is 1. The summed E-state index contributed by atoms with van der Waals surface area (Å²) in [6, 6.07) is 24.0. The van der Waals surface area contributed by atoms with Gasteiger partial charge in [0, 0.05) is 22.5 Å². The van der Waals surface area contributed by atoms with E-state index in [0.29, 0.717) is 5.11 Å². The molecule has 0 saturated carbocycles. The van der Waals surface area contributed by atoms with E-state index in [1.165, 1.54) is 5.56 Å². The molecule has 4 aromatic rings. The van der Waals surface area contributed by atoms with E-state index >= 15 is 0 Å². The Morgan fingerprint density at radius 1 is 1.03 bits per heavy atom. The van der Waals surface area contributed by atoms with E-state index in [4.69, 9.17) is 28.2 Å². The third kappa shape index (κ3) is 4.03. The third-order valence-corrected chi connectivity index (χ3v) is 6.90. The fourth-order valence-electron chi connectivity index (χ4n) is 4.35. The number of aromatic nitrogens is 1. The van der Waals surface area contributed by atoms with Crippen LogP contribution in [0.3, 0.4) is 0 Å². The zero-order valence-corrected chi connectivity index (χ0v) is 20.0. The number of nitrogens with one attached hydrogen (secondary N) is 1. The average molecular weight is 474 g/mol. The van der Waals surface area contributed by atoms with Gasteiger partial charge in [-0.05, 0) is 79.2 Å². The van der Waals surface area contributed by atoms with Gasteiger partial charge < -0.3 is 14.6 Å². The second-order valence-corrected chi connectivity index (χ2v) is 8.92. The number of pyridine rings is 1. The fourth-order valence-corrected chi connectivity index (χ4v) is 4.87. The Morgan fingerprint density at radius 2 is 1.85 bits per heavy atom. The van der Waals surface area contributed by atoms with Crippen molar-refractivity contribution in [2.24, 2.45) is 0 Å². The van der Waals surface area contributed by atoms with Crippen molar-refractivity contribution < 1.29 is 4.42 Å². The highest BCUT2D eigenvalue weighted by molar-refractivity contribution is 7.80. The predicted molar refractivity (Wildman–Crippen MR) is 138 cm³/mol. The molecule has 0 unspecified atom stereocenters. The normalized spacial score (nSPS) is 17.9. The lowest BCUT2D eigenvalue weighted by atomic mass is 10.0. The highest BCUT2D eigenvalue weighted by atomic mass is 35.5. The SMILES string of the molecule is CCc1ccc(N2C(=S)N[C@H](c3ccccn3)[C@H]2c2ccc(-c3cccc(Cl)c3C)o2)cc1. The topological polar surface area (TPSA) is 41.3 Å². The maximum atomic E-state index is 6.46. The van der Waals surface area contributed by atoms with Gasteiger partial charge in [0.25, 0.3) is 0 Å². The highest BCUT2D eigenvalue weighted by Gasteiger charge is 2.42. The summed E-state index contributed by atoms with van der Waals surface area (Å²) in [5.74, 6) is 1.59. The van der Waals surface area contributed by atoms with Crippen LogP contribution in [0.4, 0.5) is 5.69 Å². The number of anilines is 1. The Kier molecular flexibility index (Phi) is 5.92. The van der Waals surface area contributed by atoms with Crippen molar-refractivity contribution in [1.82, 2.24) is 10.3 Å². The minimum atomic E-state index is -0.187. The lowest BCUT2D eigenvalue weighted by Crippen LogP contribution is -2.29. The minimum absolute atomic E-state index is 0.149. The van der Waals surface area contributed by atoms with E-state index in [9.17, 15) is 0 Å². The maximum Gasteiger partial charge on any atom is 0.174 e. The number of thiocarbonyl (C=S) groups is 1. The zero-order chi connectivity index (χ0) is 22.9. The summed E-state index contributed by atoms with van der Waals surface area (Å²) in [7, 11) is 0. The van der Waals surface area contributed by atoms with Crippen LogP contribution in [0.25, 0.3) is 11.3 Å². The van der Waals surface area contributed by atoms with Crippen LogP contribution in [0.2, 0.25) is 5.02 Å². The van der Waals surface area contributed by atoms with Crippen LogP contribution >= 0.6 is 23.8 Å². The number of hydrogen-bond donors (Lipinski definition) is 1. The van der Waals surface area contributed by atoms with Crippen LogP contribution in [0.15, 0.2) is 83.4 Å². The Labute approximate surface area is 204 Å². The average Bonchev–Trinajstić information content (AvgIpc) is 3.46. The monoisotopic (exact) mass is 473 g/mol. The minimum Gasteiger partial charge on any atom is -0.459 e. The van der Waals surface area contributed by atoms with Crippen LogP contribution in [-0.4, -0.2) is 10.1 Å². The number of hydrogen-bond acceptors (Lipinski definition) is 3. The first kappa shape index (κ1) is 21.7. The molecule has 1 aliphatic rings. The highest BCUT2D eigenvalue weighted by Crippen LogP contribution is 2.43. The first-order valence-electron chi connectivity index (χ1n) is 11.0. The summed E-state index contributed by atoms with van der Waals surface area (Å²) in [5, 5.41) is 4.85. The molecule has 0 aliphatic carbocycles. The molecular formula is C27H24ClN3OS. The van der Waals surface area contributed by atoms with Gasteiger partial charge in [0.15, 0.2) is 5.11 Å². The molecule has 4 nitrogen and oxygen atoms in total. The number of halogens is 1. The number of rotatable bonds is 5. The first-order chi connectivity index (χ1) is 16.1. The summed E-state index contributed by atoms with van der Waals surface area (Å²) < 4.78 is 6.46. The smallest absolute Gasteiger partial charge is 0.174 e. The van der Waals surface area contributed by atoms with Crippen LogP contribution in [0, 0.1) is 6.92 Å². The Bertz CT molecular complexity index is 1290. The first-order valence-corrected chi connectivity index (χ1v) is 11.8. The molecule has 0 bridgehead atoms. The van der Waals surface area contributed by atoms with Crippen molar-refractivity contribution >= 4 is 34.6 Å². The van der Waals surface area contributed by atoms with Gasteiger partial charge in [-0.3, -0.25) is 4.98 Å². The number of benzene rings is 2. The molecule has 3 heterocycles. The lowest BCUT2D eigenvalue weighted by molar-refractivity contribution is 0.439. The van der Waals surface area contributed by atoms with Crippen molar-refractivity contribution in [2.75, 3.05) is 4.90 Å². The van der Waals surface area contributed by atoms with Crippen LogP contribution in [0.5, 0.6) is 0 Å². The van der Waals surface area contributed by atoms with Gasteiger partial charge in [-0.2, -0.15) is 0 Å². The molecule has 33 heavy (non-hydrogen) atoms. The molecule has 1 aliphatic heterocycles. The summed E-state index contributed by atoms with van der Waals surface area (Å²) in [4.78, 5) is 6.74. The largest absolute Gasteiger partial charge is 0.459 e. The summed E-state index contributed by atoms with van der Waals surface area (Å²) >= 11 is 12.2. The second-order valence-electron chi connectivity index (χ2n) is 8.13. The van der Waals surface area contributed by atoms with Crippen molar-refractivity contribution in [3.8, 4) is 11.3 Å². The van der Waals surface area contributed by atoms with Crippen LogP contribution < -0.4 is 10.2 Å². The van der Waals surface area contributed by atoms with Gasteiger partial charge in [0.05, 0.1) is 11.7 Å². The molecule has 0 spiro atoms. The molecule has 2 aromatic heterocycles. The van der Waals surface area contributed by atoms with Gasteiger partial charge in [0.2, 0.25) is 0 Å². The summed E-state index contributed by atoms with van der Waals surface area (Å²) in [6.07, 6.45) is 2.79. The quantitative estimate of drug-likeness (QED) is 0.315. The van der Waals surface area contributed by atoms with Crippen LogP contribution in [-0.2, 0) is 6.42 Å². The van der Waals surface area contributed by atoms with Crippen LogP contribution in [0.1, 0.15) is 41.6 Å². The summed E-state index contributed by atoms with van der Waals surface area (Å²) in [6.45, 7) is 4.16. The fraction of sp³-hybridized carbons (Fsp3) is 0.185. The van der Waals surface area contributed by atoms with Gasteiger partial charge in [-0.15, -0.1) is 0 Å². The molecule has 0 amide bonds. The maximum absolute atomic E-state index is 6.46. The Hall–Kier alpha value is -3.15. The van der Waals surface area contributed by atoms with Crippen molar-refractivity contribution in [3.05, 3.63) is 107 Å². The van der Waals surface area contributed by atoms with Crippen molar-refractivity contribution in [1.29, 1.82) is 0 Å². The zero-order valence-electron chi connectivity index (χ0n) is 18.5. The molecule has 5 rings (SSSR count). The molecule has 0 radical (unpaired) electrons. The third-order valence-electron chi connectivity index (χ3n) is 6.17. The van der Waals surface area contributed by atoms with Crippen molar-refractivity contribution in [3.63, 3.8) is 0 Å². The molecule has 2 aromatic carbocycles. The molecule has 6 heteroatoms. The van der Waals surface area contributed by atoms with Gasteiger partial charge in [-0.25, -0.2) is 0 Å². The van der Waals surface area contributed by atoms with E-state index in [2.05, 4.69) is 46.4 Å². The second kappa shape index (κ2) is 9.00. The molecule has 1 fully saturated rings. The Balaban J connectivity index is 1.60. The number of aryl methyl sites for hydroxylation is 1. The number of nitrogens with zero attached hydrogens (tertiary/aromatic N) is 2. The Morgan fingerprint density at radius 3 is 2.58 bits per heavy atom. The predicted octanol–water partition coefficient (Wildman–Crippen LogP) is 7.04.